The minimum Gasteiger partial charge on any atom is -0.477 e. The fourth-order valence-electron chi connectivity index (χ4n) is 4.33. The Morgan fingerprint density at radius 1 is 1.09 bits per heavy atom. The van der Waals surface area contributed by atoms with Crippen molar-refractivity contribution in [3.05, 3.63) is 57.7 Å². The molecule has 6 rings (SSSR count). The molecule has 1 N–H and O–H groups in total. The fraction of sp³-hybridized carbons (Fsp3) is 0.304. The number of carbonyl (C=O) groups is 1. The number of halogens is 1. The van der Waals surface area contributed by atoms with Crippen molar-refractivity contribution in [2.75, 3.05) is 36.0 Å². The van der Waals surface area contributed by atoms with E-state index in [1.807, 2.05) is 21.2 Å². The molecule has 1 aliphatic carbocycles. The van der Waals surface area contributed by atoms with Crippen LogP contribution >= 0.6 is 11.3 Å². The van der Waals surface area contributed by atoms with Crippen molar-refractivity contribution in [3.8, 4) is 10.7 Å². The lowest BCUT2D eigenvalue weighted by molar-refractivity contribution is 0.0695. The zero-order valence-corrected chi connectivity index (χ0v) is 19.3. The molecule has 178 valence electrons. The molecule has 12 heteroatoms. The minimum absolute atomic E-state index is 0.0101. The maximum Gasteiger partial charge on any atom is 0.341 e. The summed E-state index contributed by atoms with van der Waals surface area (Å²) in [5.41, 5.74) is -0.00867. The highest BCUT2D eigenvalue weighted by Gasteiger charge is 2.29. The van der Waals surface area contributed by atoms with E-state index in [1.165, 1.54) is 17.5 Å². The molecular formula is C23H20FN7O3S. The number of pyridine rings is 2. The number of aromatic nitrogens is 5. The second-order valence-corrected chi connectivity index (χ2v) is 9.43. The van der Waals surface area contributed by atoms with E-state index in [1.54, 1.807) is 17.0 Å². The second-order valence-electron chi connectivity index (χ2n) is 8.53. The maximum atomic E-state index is 15.2. The van der Waals surface area contributed by atoms with Crippen molar-refractivity contribution in [1.29, 1.82) is 0 Å². The second kappa shape index (κ2) is 8.38. The van der Waals surface area contributed by atoms with Gasteiger partial charge in [-0.1, -0.05) is 0 Å². The lowest BCUT2D eigenvalue weighted by Crippen LogP contribution is -2.47. The zero-order valence-electron chi connectivity index (χ0n) is 18.5. The van der Waals surface area contributed by atoms with Gasteiger partial charge in [0.25, 0.3) is 0 Å². The van der Waals surface area contributed by atoms with Gasteiger partial charge in [0.1, 0.15) is 21.9 Å². The van der Waals surface area contributed by atoms with E-state index in [-0.39, 0.29) is 22.8 Å². The number of carboxylic acid groups (broad SMARTS) is 1. The van der Waals surface area contributed by atoms with Crippen molar-refractivity contribution in [2.24, 2.45) is 0 Å². The predicted molar refractivity (Wildman–Crippen MR) is 129 cm³/mol. The largest absolute Gasteiger partial charge is 0.477 e. The van der Waals surface area contributed by atoms with Crippen LogP contribution in [0.5, 0.6) is 0 Å². The Labute approximate surface area is 202 Å². The van der Waals surface area contributed by atoms with E-state index in [4.69, 9.17) is 0 Å². The van der Waals surface area contributed by atoms with E-state index in [0.29, 0.717) is 37.8 Å². The van der Waals surface area contributed by atoms with Gasteiger partial charge in [-0.15, -0.1) is 11.3 Å². The van der Waals surface area contributed by atoms with Gasteiger partial charge in [-0.3, -0.25) is 4.79 Å². The van der Waals surface area contributed by atoms with Crippen LogP contribution < -0.4 is 15.2 Å². The van der Waals surface area contributed by atoms with E-state index in [2.05, 4.69) is 19.9 Å². The first-order valence-corrected chi connectivity index (χ1v) is 12.1. The Hall–Kier alpha value is -3.93. The van der Waals surface area contributed by atoms with Gasteiger partial charge < -0.3 is 19.5 Å². The standard InChI is InChI=1S/C23H20FN7O3S/c24-16-11-14-18(32)15(22(33)34)12-31(13-1-2-13)19(14)28-20(16)29-6-8-30(9-7-29)23-26-4-3-17(27-23)21-25-5-10-35-21/h3-5,10-13H,1-2,6-9H2,(H,33,34). The van der Waals surface area contributed by atoms with Crippen LogP contribution in [0.4, 0.5) is 16.2 Å². The molecule has 0 bridgehead atoms. The highest BCUT2D eigenvalue weighted by molar-refractivity contribution is 7.13. The van der Waals surface area contributed by atoms with Crippen molar-refractivity contribution < 1.29 is 14.3 Å². The number of hydrogen-bond acceptors (Lipinski definition) is 9. The van der Waals surface area contributed by atoms with Crippen LogP contribution in [-0.2, 0) is 0 Å². The minimum atomic E-state index is -1.33. The van der Waals surface area contributed by atoms with Crippen LogP contribution in [0.1, 0.15) is 29.2 Å². The maximum absolute atomic E-state index is 15.2. The van der Waals surface area contributed by atoms with Gasteiger partial charge in [0.15, 0.2) is 11.6 Å². The molecule has 10 nitrogen and oxygen atoms in total. The van der Waals surface area contributed by atoms with E-state index >= 15 is 4.39 Å². The van der Waals surface area contributed by atoms with Gasteiger partial charge in [0, 0.05) is 56.2 Å². The van der Waals surface area contributed by atoms with Crippen LogP contribution in [0, 0.1) is 5.82 Å². The molecule has 0 aromatic carbocycles. The Kier molecular flexibility index (Phi) is 5.17. The molecule has 0 spiro atoms. The zero-order chi connectivity index (χ0) is 24.1. The molecule has 2 aliphatic rings. The molecule has 0 amide bonds. The van der Waals surface area contributed by atoms with Gasteiger partial charge in [0.2, 0.25) is 11.4 Å². The molecule has 0 radical (unpaired) electrons. The van der Waals surface area contributed by atoms with Crippen LogP contribution in [0.3, 0.4) is 0 Å². The first kappa shape index (κ1) is 21.6. The average Bonchev–Trinajstić information content (AvgIpc) is 3.56. The van der Waals surface area contributed by atoms with Crippen LogP contribution in [0.2, 0.25) is 0 Å². The van der Waals surface area contributed by atoms with Crippen LogP contribution in [0.15, 0.2) is 40.9 Å². The molecule has 4 aromatic heterocycles. The number of thiazole rings is 1. The van der Waals surface area contributed by atoms with Crippen molar-refractivity contribution >= 4 is 40.1 Å². The Morgan fingerprint density at radius 2 is 1.86 bits per heavy atom. The molecule has 4 aromatic rings. The summed E-state index contributed by atoms with van der Waals surface area (Å²) in [4.78, 5) is 46.0. The summed E-state index contributed by atoms with van der Waals surface area (Å²) in [5.74, 6) is -1.22. The number of hydrogen-bond donors (Lipinski definition) is 1. The third-order valence-corrected chi connectivity index (χ3v) is 7.06. The molecule has 1 aliphatic heterocycles. The summed E-state index contributed by atoms with van der Waals surface area (Å²) < 4.78 is 16.9. The Morgan fingerprint density at radius 3 is 2.54 bits per heavy atom. The van der Waals surface area contributed by atoms with Gasteiger partial charge in [-0.2, -0.15) is 0 Å². The quantitative estimate of drug-likeness (QED) is 0.448. The Balaban J connectivity index is 1.29. The normalized spacial score (nSPS) is 16.1. The highest BCUT2D eigenvalue weighted by Crippen LogP contribution is 2.37. The first-order chi connectivity index (χ1) is 17.0. The molecule has 35 heavy (non-hydrogen) atoms. The van der Waals surface area contributed by atoms with E-state index < -0.39 is 17.2 Å². The van der Waals surface area contributed by atoms with Gasteiger partial charge in [-0.25, -0.2) is 29.1 Å². The molecular weight excluding hydrogens is 473 g/mol. The van der Waals surface area contributed by atoms with Gasteiger partial charge in [0.05, 0.1) is 5.39 Å². The van der Waals surface area contributed by atoms with Crippen molar-refractivity contribution in [2.45, 2.75) is 18.9 Å². The van der Waals surface area contributed by atoms with Crippen LogP contribution in [-0.4, -0.2) is 61.8 Å². The third-order valence-electron chi connectivity index (χ3n) is 6.27. The molecule has 1 saturated carbocycles. The third kappa shape index (κ3) is 3.89. The summed E-state index contributed by atoms with van der Waals surface area (Å²) in [6.45, 7) is 2.10. The number of aromatic carboxylic acids is 1. The first-order valence-electron chi connectivity index (χ1n) is 11.2. The smallest absolute Gasteiger partial charge is 0.341 e. The number of fused-ring (bicyclic) bond motifs is 1. The number of carboxylic acids is 1. The number of rotatable bonds is 5. The molecule has 0 unspecified atom stereocenters. The van der Waals surface area contributed by atoms with Gasteiger partial charge >= 0.3 is 5.97 Å². The van der Waals surface area contributed by atoms with E-state index in [9.17, 15) is 14.7 Å². The summed E-state index contributed by atoms with van der Waals surface area (Å²) >= 11 is 1.51. The highest BCUT2D eigenvalue weighted by atomic mass is 32.1. The summed E-state index contributed by atoms with van der Waals surface area (Å²) in [6, 6.07) is 3.02. The van der Waals surface area contributed by atoms with E-state index in [0.717, 1.165) is 29.6 Å². The number of nitrogens with zero attached hydrogens (tertiary/aromatic N) is 7. The molecule has 0 atom stereocenters. The number of anilines is 2. The predicted octanol–water partition coefficient (Wildman–Crippen LogP) is 2.81. The monoisotopic (exact) mass is 493 g/mol. The SMILES string of the molecule is O=C(O)c1cn(C2CC2)c2nc(N3CCN(c4nccc(-c5nccs5)n4)CC3)c(F)cc2c1=O. The average molecular weight is 494 g/mol. The molecule has 1 saturated heterocycles. The van der Waals surface area contributed by atoms with Crippen molar-refractivity contribution in [1.82, 2.24) is 24.5 Å². The summed E-state index contributed by atoms with van der Waals surface area (Å²) in [5, 5.41) is 12.1. The molecule has 2 fully saturated rings. The molecule has 5 heterocycles. The van der Waals surface area contributed by atoms with Crippen LogP contribution in [0.25, 0.3) is 21.7 Å². The Bertz CT molecular complexity index is 1500. The lowest BCUT2D eigenvalue weighted by Gasteiger charge is -2.35. The number of piperazine rings is 1. The van der Waals surface area contributed by atoms with Crippen molar-refractivity contribution in [3.63, 3.8) is 0 Å². The summed E-state index contributed by atoms with van der Waals surface area (Å²) in [7, 11) is 0. The van der Waals surface area contributed by atoms with Gasteiger partial charge in [-0.05, 0) is 25.0 Å². The topological polar surface area (TPSA) is 117 Å². The lowest BCUT2D eigenvalue weighted by atomic mass is 10.1. The fourth-order valence-corrected chi connectivity index (χ4v) is 4.94. The summed E-state index contributed by atoms with van der Waals surface area (Å²) in [6.07, 6.45) is 6.51.